The van der Waals surface area contributed by atoms with Crippen molar-refractivity contribution in [3.63, 3.8) is 0 Å². The van der Waals surface area contributed by atoms with Crippen molar-refractivity contribution >= 4 is 34.1 Å². The van der Waals surface area contributed by atoms with Crippen LogP contribution in [0, 0.1) is 0 Å². The fourth-order valence-corrected chi connectivity index (χ4v) is 5.24. The maximum absolute atomic E-state index is 12.8. The summed E-state index contributed by atoms with van der Waals surface area (Å²) in [6.45, 7) is 3.63. The van der Waals surface area contributed by atoms with Gasteiger partial charge in [0.15, 0.2) is 6.61 Å². The first-order chi connectivity index (χ1) is 13.5. The van der Waals surface area contributed by atoms with Crippen LogP contribution in [0.1, 0.15) is 73.2 Å². The Balaban J connectivity index is 1.72. The minimum Gasteiger partial charge on any atom is -0.452 e. The Hall–Kier alpha value is -2.15. The van der Waals surface area contributed by atoms with Crippen molar-refractivity contribution in [1.82, 2.24) is 4.90 Å². The number of carbonyl (C=O) groups is 3. The number of aryl methyl sites for hydroxylation is 1. The van der Waals surface area contributed by atoms with E-state index in [-0.39, 0.29) is 18.4 Å². The van der Waals surface area contributed by atoms with Crippen LogP contribution in [0.2, 0.25) is 0 Å². The Kier molecular flexibility index (Phi) is 6.88. The Morgan fingerprint density at radius 3 is 2.57 bits per heavy atom. The molecule has 1 heterocycles. The zero-order valence-corrected chi connectivity index (χ0v) is 17.5. The lowest BCUT2D eigenvalue weighted by atomic mass is 9.95. The first kappa shape index (κ1) is 20.6. The van der Waals surface area contributed by atoms with E-state index in [4.69, 9.17) is 4.74 Å². The van der Waals surface area contributed by atoms with Crippen LogP contribution in [0.5, 0.6) is 0 Å². The minimum absolute atomic E-state index is 0.200. The second-order valence-corrected chi connectivity index (χ2v) is 8.36. The second kappa shape index (κ2) is 9.37. The lowest BCUT2D eigenvalue weighted by Crippen LogP contribution is -2.34. The number of esters is 1. The molecular weight excluding hydrogens is 376 g/mol. The molecule has 0 saturated heterocycles. The average Bonchev–Trinajstić information content (AvgIpc) is 3.04. The van der Waals surface area contributed by atoms with Gasteiger partial charge in [0.25, 0.3) is 5.91 Å². The van der Waals surface area contributed by atoms with Crippen LogP contribution >= 0.6 is 11.3 Å². The van der Waals surface area contributed by atoms with E-state index in [0.717, 1.165) is 67.5 Å². The molecule has 0 unspecified atom stereocenters. The van der Waals surface area contributed by atoms with Gasteiger partial charge in [0.2, 0.25) is 5.91 Å². The van der Waals surface area contributed by atoms with Crippen molar-refractivity contribution in [2.24, 2.45) is 0 Å². The third-order valence-electron chi connectivity index (χ3n) is 5.22. The van der Waals surface area contributed by atoms with Gasteiger partial charge in [-0.05, 0) is 63.9 Å². The lowest BCUT2D eigenvalue weighted by Gasteiger charge is -2.26. The number of nitrogens with one attached hydrogen (secondary N) is 1. The van der Waals surface area contributed by atoms with E-state index in [1.54, 1.807) is 4.90 Å². The summed E-state index contributed by atoms with van der Waals surface area (Å²) >= 11 is 1.45. The molecule has 0 aromatic carbocycles. The number of fused-ring (bicyclic) bond motifs is 1. The zero-order valence-electron chi connectivity index (χ0n) is 16.6. The van der Waals surface area contributed by atoms with Crippen LogP contribution in [0.3, 0.4) is 0 Å². The molecule has 7 heteroatoms. The third kappa shape index (κ3) is 4.63. The highest BCUT2D eigenvalue weighted by atomic mass is 32.1. The van der Waals surface area contributed by atoms with Crippen molar-refractivity contribution in [2.75, 3.05) is 18.5 Å². The fourth-order valence-electron chi connectivity index (χ4n) is 3.91. The summed E-state index contributed by atoms with van der Waals surface area (Å²) in [4.78, 5) is 39.9. The molecule has 1 aromatic rings. The summed E-state index contributed by atoms with van der Waals surface area (Å²) in [6.07, 6.45) is 10.0. The van der Waals surface area contributed by atoms with Crippen molar-refractivity contribution in [3.05, 3.63) is 27.8 Å². The molecule has 0 spiro atoms. The van der Waals surface area contributed by atoms with Crippen molar-refractivity contribution in [1.29, 1.82) is 0 Å². The van der Waals surface area contributed by atoms with Gasteiger partial charge in [-0.3, -0.25) is 9.59 Å². The van der Waals surface area contributed by atoms with Gasteiger partial charge in [-0.25, -0.2) is 4.79 Å². The van der Waals surface area contributed by atoms with E-state index < -0.39 is 5.97 Å². The van der Waals surface area contributed by atoms with E-state index >= 15 is 0 Å². The van der Waals surface area contributed by atoms with Crippen molar-refractivity contribution < 1.29 is 19.1 Å². The quantitative estimate of drug-likeness (QED) is 0.726. The third-order valence-corrected chi connectivity index (χ3v) is 6.43. The smallest absolute Gasteiger partial charge is 0.341 e. The molecule has 0 fully saturated rings. The number of amides is 2. The first-order valence-electron chi connectivity index (χ1n) is 10.1. The van der Waals surface area contributed by atoms with Crippen molar-refractivity contribution in [2.45, 2.75) is 65.2 Å². The van der Waals surface area contributed by atoms with Gasteiger partial charge in [-0.1, -0.05) is 6.08 Å². The number of ether oxygens (including phenoxy) is 1. The second-order valence-electron chi connectivity index (χ2n) is 7.25. The highest BCUT2D eigenvalue weighted by molar-refractivity contribution is 7.17. The van der Waals surface area contributed by atoms with Gasteiger partial charge in [-0.2, -0.15) is 0 Å². The van der Waals surface area contributed by atoms with E-state index in [0.29, 0.717) is 17.1 Å². The molecule has 28 heavy (non-hydrogen) atoms. The van der Waals surface area contributed by atoms with Gasteiger partial charge >= 0.3 is 5.97 Å². The minimum atomic E-state index is -0.523. The van der Waals surface area contributed by atoms with Crippen LogP contribution in [0.15, 0.2) is 11.8 Å². The molecule has 0 radical (unpaired) electrons. The molecule has 6 nitrogen and oxygen atoms in total. The maximum Gasteiger partial charge on any atom is 0.341 e. The molecular formula is C21H28N2O4S. The lowest BCUT2D eigenvalue weighted by molar-refractivity contribution is -0.132. The van der Waals surface area contributed by atoms with E-state index in [2.05, 4.69) is 11.4 Å². The van der Waals surface area contributed by atoms with Gasteiger partial charge < -0.3 is 15.0 Å². The highest BCUT2D eigenvalue weighted by Crippen LogP contribution is 2.38. The van der Waals surface area contributed by atoms with Crippen LogP contribution < -0.4 is 5.32 Å². The number of carbonyl (C=O) groups excluding carboxylic acids is 3. The molecule has 152 valence electrons. The molecule has 0 saturated carbocycles. The monoisotopic (exact) mass is 404 g/mol. The van der Waals surface area contributed by atoms with Gasteiger partial charge in [0, 0.05) is 24.0 Å². The summed E-state index contributed by atoms with van der Waals surface area (Å²) in [7, 11) is 0. The molecule has 2 amide bonds. The predicted octanol–water partition coefficient (Wildman–Crippen LogP) is 4.05. The fraction of sp³-hybridized carbons (Fsp3) is 0.571. The van der Waals surface area contributed by atoms with Gasteiger partial charge in [0.05, 0.1) is 5.56 Å². The summed E-state index contributed by atoms with van der Waals surface area (Å²) < 4.78 is 5.41. The predicted molar refractivity (Wildman–Crippen MR) is 109 cm³/mol. The summed E-state index contributed by atoms with van der Waals surface area (Å²) in [5, 5.41) is 3.30. The van der Waals surface area contributed by atoms with E-state index in [1.807, 2.05) is 6.92 Å². The number of nitrogens with zero attached hydrogens (tertiary/aromatic N) is 1. The van der Waals surface area contributed by atoms with E-state index in [1.165, 1.54) is 18.3 Å². The maximum atomic E-state index is 12.8. The molecule has 3 rings (SSSR count). The molecule has 1 aromatic heterocycles. The normalized spacial score (nSPS) is 16.0. The Bertz CT molecular complexity index is 797. The summed E-state index contributed by atoms with van der Waals surface area (Å²) in [5.74, 6) is -0.940. The molecule has 1 N–H and O–H groups in total. The summed E-state index contributed by atoms with van der Waals surface area (Å²) in [6, 6.07) is 0. The Morgan fingerprint density at radius 2 is 1.89 bits per heavy atom. The SMILES string of the molecule is CCN(C(=O)COC(=O)c1c(NC(C)=O)sc2c1CCCC2)C1=CCCCC1. The molecule has 0 aliphatic heterocycles. The number of anilines is 1. The molecule has 0 bridgehead atoms. The topological polar surface area (TPSA) is 75.7 Å². The summed E-state index contributed by atoms with van der Waals surface area (Å²) in [5.41, 5.74) is 2.43. The number of hydrogen-bond acceptors (Lipinski definition) is 5. The van der Waals surface area contributed by atoms with Gasteiger partial charge in [-0.15, -0.1) is 11.3 Å². The Morgan fingerprint density at radius 1 is 1.14 bits per heavy atom. The number of likely N-dealkylation sites (N-methyl/N-ethyl adjacent to an activating group) is 1. The number of hydrogen-bond donors (Lipinski definition) is 1. The first-order valence-corrected chi connectivity index (χ1v) is 10.9. The van der Waals surface area contributed by atoms with Crippen LogP contribution in [-0.2, 0) is 27.2 Å². The van der Waals surface area contributed by atoms with Crippen LogP contribution in [0.25, 0.3) is 0 Å². The van der Waals surface area contributed by atoms with Crippen LogP contribution in [0.4, 0.5) is 5.00 Å². The molecule has 2 aliphatic rings. The standard InChI is InChI=1S/C21H28N2O4S/c1-3-23(15-9-5-4-6-10-15)18(25)13-27-21(26)19-16-11-7-8-12-17(16)28-20(19)22-14(2)24/h9H,3-8,10-13H2,1-2H3,(H,22,24). The van der Waals surface area contributed by atoms with Crippen LogP contribution in [-0.4, -0.2) is 35.8 Å². The van der Waals surface area contributed by atoms with E-state index in [9.17, 15) is 14.4 Å². The van der Waals surface area contributed by atoms with Crippen molar-refractivity contribution in [3.8, 4) is 0 Å². The number of allylic oxidation sites excluding steroid dienone is 2. The molecule has 0 atom stereocenters. The largest absolute Gasteiger partial charge is 0.452 e. The van der Waals surface area contributed by atoms with Gasteiger partial charge in [0.1, 0.15) is 5.00 Å². The number of thiophene rings is 1. The Labute approximate surface area is 169 Å². The zero-order chi connectivity index (χ0) is 20.1. The highest BCUT2D eigenvalue weighted by Gasteiger charge is 2.28. The molecule has 2 aliphatic carbocycles. The number of rotatable bonds is 6. The average molecular weight is 405 g/mol.